The van der Waals surface area contributed by atoms with E-state index in [1.807, 2.05) is 6.07 Å². The van der Waals surface area contributed by atoms with Crippen molar-refractivity contribution in [1.82, 2.24) is 0 Å². The van der Waals surface area contributed by atoms with Gasteiger partial charge in [0.1, 0.15) is 11.5 Å². The predicted molar refractivity (Wildman–Crippen MR) is 130 cm³/mol. The van der Waals surface area contributed by atoms with Crippen molar-refractivity contribution in [3.63, 3.8) is 0 Å². The molecule has 2 N–H and O–H groups in total. The van der Waals surface area contributed by atoms with Gasteiger partial charge in [-0.3, -0.25) is 4.79 Å². The lowest BCUT2D eigenvalue weighted by atomic mass is 9.76. The summed E-state index contributed by atoms with van der Waals surface area (Å²) < 4.78 is 6.06. The molecule has 0 saturated carbocycles. The van der Waals surface area contributed by atoms with Crippen molar-refractivity contribution in [2.24, 2.45) is 0 Å². The van der Waals surface area contributed by atoms with Crippen LogP contribution in [0.4, 0.5) is 5.69 Å². The minimum absolute atomic E-state index is 0.00252. The van der Waals surface area contributed by atoms with Crippen LogP contribution in [-0.2, 0) is 15.6 Å². The van der Waals surface area contributed by atoms with Crippen molar-refractivity contribution in [2.45, 2.75) is 78.6 Å². The zero-order valence-corrected chi connectivity index (χ0v) is 20.6. The molecule has 0 aliphatic heterocycles. The second-order valence-corrected chi connectivity index (χ2v) is 9.86. The first-order chi connectivity index (χ1) is 14.4. The van der Waals surface area contributed by atoms with Gasteiger partial charge in [0.25, 0.3) is 0 Å². The number of phenols is 1. The highest BCUT2D eigenvalue weighted by atomic mass is 35.5. The van der Waals surface area contributed by atoms with E-state index in [1.54, 1.807) is 13.0 Å². The quantitative estimate of drug-likeness (QED) is 0.403. The number of carbonyl (C=O) groups excluding carboxylic acids is 1. The summed E-state index contributed by atoms with van der Waals surface area (Å²) in [5, 5.41) is 13.2. The van der Waals surface area contributed by atoms with Gasteiger partial charge in [0, 0.05) is 10.6 Å². The van der Waals surface area contributed by atoms with Gasteiger partial charge >= 0.3 is 0 Å². The largest absolute Gasteiger partial charge is 0.506 e. The molecule has 0 spiro atoms. The molecular weight excluding hydrogens is 410 g/mol. The first-order valence-electron chi connectivity index (χ1n) is 11.0. The number of benzene rings is 2. The smallest absolute Gasteiger partial charge is 0.227 e. The molecule has 0 heterocycles. The summed E-state index contributed by atoms with van der Waals surface area (Å²) in [4.78, 5) is 12.4. The Morgan fingerprint density at radius 1 is 1.06 bits per heavy atom. The van der Waals surface area contributed by atoms with Gasteiger partial charge in [0.2, 0.25) is 5.91 Å². The van der Waals surface area contributed by atoms with Gasteiger partial charge in [-0.05, 0) is 59.9 Å². The second kappa shape index (κ2) is 9.95. The molecule has 0 saturated heterocycles. The molecule has 2 aromatic rings. The highest BCUT2D eigenvalue weighted by molar-refractivity contribution is 6.31. The average Bonchev–Trinajstić information content (AvgIpc) is 2.72. The highest BCUT2D eigenvalue weighted by Gasteiger charge is 2.26. The fraction of sp³-hybridized carbons (Fsp3) is 0.500. The van der Waals surface area contributed by atoms with Crippen molar-refractivity contribution < 1.29 is 14.6 Å². The number of carbonyl (C=O) groups is 1. The van der Waals surface area contributed by atoms with Crippen molar-refractivity contribution >= 4 is 23.2 Å². The van der Waals surface area contributed by atoms with Gasteiger partial charge in [0.05, 0.1) is 18.7 Å². The van der Waals surface area contributed by atoms with Crippen molar-refractivity contribution in [1.29, 1.82) is 0 Å². The fourth-order valence-corrected chi connectivity index (χ4v) is 3.40. The zero-order valence-electron chi connectivity index (χ0n) is 19.9. The number of amides is 1. The van der Waals surface area contributed by atoms with Gasteiger partial charge in [-0.25, -0.2) is 0 Å². The lowest BCUT2D eigenvalue weighted by Crippen LogP contribution is -2.22. The number of ether oxygens (including phenoxy) is 1. The van der Waals surface area contributed by atoms with Gasteiger partial charge in [-0.1, -0.05) is 65.3 Å². The minimum atomic E-state index is -0.241. The summed E-state index contributed by atoms with van der Waals surface area (Å²) in [7, 11) is 0. The molecule has 5 heteroatoms. The van der Waals surface area contributed by atoms with E-state index in [1.165, 1.54) is 11.6 Å². The molecule has 2 rings (SSSR count). The third-order valence-electron chi connectivity index (χ3n) is 6.40. The van der Waals surface area contributed by atoms with Crippen LogP contribution in [0.5, 0.6) is 11.5 Å². The predicted octanol–water partition coefficient (Wildman–Crippen LogP) is 7.14. The molecule has 31 heavy (non-hydrogen) atoms. The Labute approximate surface area is 192 Å². The third kappa shape index (κ3) is 6.16. The van der Waals surface area contributed by atoms with Crippen LogP contribution in [0.25, 0.3) is 0 Å². The van der Waals surface area contributed by atoms with Crippen LogP contribution in [-0.4, -0.2) is 17.6 Å². The number of aryl methyl sites for hydroxylation is 1. The minimum Gasteiger partial charge on any atom is -0.506 e. The molecule has 2 aromatic carbocycles. The van der Waals surface area contributed by atoms with Crippen molar-refractivity contribution in [3.05, 3.63) is 52.0 Å². The number of rotatable bonds is 9. The van der Waals surface area contributed by atoms with E-state index in [2.05, 4.69) is 59.0 Å². The normalized spacial score (nSPS) is 12.0. The topological polar surface area (TPSA) is 58.6 Å². The average molecular weight is 446 g/mol. The summed E-state index contributed by atoms with van der Waals surface area (Å²) in [6, 6.07) is 9.51. The van der Waals surface area contributed by atoms with Crippen molar-refractivity contribution in [2.75, 3.05) is 11.9 Å². The van der Waals surface area contributed by atoms with E-state index in [9.17, 15) is 9.90 Å². The molecule has 4 nitrogen and oxygen atoms in total. The lowest BCUT2D eigenvalue weighted by Gasteiger charge is -2.30. The number of nitrogens with one attached hydrogen (secondary N) is 1. The van der Waals surface area contributed by atoms with Gasteiger partial charge in [0.15, 0.2) is 0 Å². The van der Waals surface area contributed by atoms with E-state index in [4.69, 9.17) is 16.3 Å². The number of halogens is 1. The van der Waals surface area contributed by atoms with E-state index in [0.29, 0.717) is 10.7 Å². The standard InChI is InChI=1S/C26H36ClNO3/c1-8-25(4,5)18-10-11-23(19(15-18)26(6,7)9-2)31-13-12-24(30)28-21-16-20(27)17(3)14-22(21)29/h10-11,14-16,29H,8-9,12-13H2,1-7H3,(H,28,30). The molecule has 0 aliphatic carbocycles. The maximum absolute atomic E-state index is 12.4. The summed E-state index contributed by atoms with van der Waals surface area (Å²) in [6.07, 6.45) is 2.20. The number of hydrogen-bond donors (Lipinski definition) is 2. The molecule has 170 valence electrons. The van der Waals surface area contributed by atoms with Crippen LogP contribution in [0.3, 0.4) is 0 Å². The zero-order chi connectivity index (χ0) is 23.4. The summed E-state index contributed by atoms with van der Waals surface area (Å²) in [5.74, 6) is 0.573. The number of phenolic OH excluding ortho intramolecular Hbond substituents is 1. The maximum atomic E-state index is 12.4. The Morgan fingerprint density at radius 3 is 2.32 bits per heavy atom. The molecule has 0 aromatic heterocycles. The highest BCUT2D eigenvalue weighted by Crippen LogP contribution is 2.38. The Morgan fingerprint density at radius 2 is 1.71 bits per heavy atom. The van der Waals surface area contributed by atoms with Gasteiger partial charge < -0.3 is 15.2 Å². The third-order valence-corrected chi connectivity index (χ3v) is 6.80. The summed E-state index contributed by atoms with van der Waals surface area (Å²) in [6.45, 7) is 15.4. The lowest BCUT2D eigenvalue weighted by molar-refractivity contribution is -0.116. The molecule has 0 radical (unpaired) electrons. The van der Waals surface area contributed by atoms with E-state index < -0.39 is 0 Å². The number of aromatic hydroxyl groups is 1. The molecule has 1 amide bonds. The fourth-order valence-electron chi connectivity index (χ4n) is 3.23. The Hall–Kier alpha value is -2.20. The van der Waals surface area contributed by atoms with Crippen LogP contribution in [0.2, 0.25) is 5.02 Å². The van der Waals surface area contributed by atoms with Gasteiger partial charge in [-0.15, -0.1) is 0 Å². The van der Waals surface area contributed by atoms with E-state index in [0.717, 1.165) is 29.7 Å². The number of anilines is 1. The molecule has 0 aliphatic rings. The molecule has 0 unspecified atom stereocenters. The molecular formula is C26H36ClNO3. The SMILES string of the molecule is CCC(C)(C)c1ccc(OCCC(=O)Nc2cc(Cl)c(C)cc2O)c(C(C)(C)CC)c1. The maximum Gasteiger partial charge on any atom is 0.227 e. The summed E-state index contributed by atoms with van der Waals surface area (Å²) >= 11 is 6.10. The molecule has 0 fully saturated rings. The van der Waals surface area contributed by atoms with Gasteiger partial charge in [-0.2, -0.15) is 0 Å². The first kappa shape index (κ1) is 25.1. The monoisotopic (exact) mass is 445 g/mol. The van der Waals surface area contributed by atoms with E-state index >= 15 is 0 Å². The summed E-state index contributed by atoms with van der Waals surface area (Å²) in [5.41, 5.74) is 3.57. The van der Waals surface area contributed by atoms with Crippen LogP contribution >= 0.6 is 11.6 Å². The Kier molecular flexibility index (Phi) is 8.04. The first-order valence-corrected chi connectivity index (χ1v) is 11.4. The number of hydrogen-bond acceptors (Lipinski definition) is 3. The van der Waals surface area contributed by atoms with Crippen LogP contribution in [0, 0.1) is 6.92 Å². The van der Waals surface area contributed by atoms with E-state index in [-0.39, 0.29) is 35.5 Å². The van der Waals surface area contributed by atoms with Crippen LogP contribution < -0.4 is 10.1 Å². The molecule has 0 bridgehead atoms. The molecule has 0 atom stereocenters. The van der Waals surface area contributed by atoms with Crippen LogP contribution in [0.15, 0.2) is 30.3 Å². The second-order valence-electron chi connectivity index (χ2n) is 9.45. The van der Waals surface area contributed by atoms with Crippen LogP contribution in [0.1, 0.15) is 77.5 Å². The Bertz CT molecular complexity index is 934. The Balaban J connectivity index is 2.12. The van der Waals surface area contributed by atoms with Crippen molar-refractivity contribution in [3.8, 4) is 11.5 Å².